The highest BCUT2D eigenvalue weighted by Gasteiger charge is 2.44. The molecule has 1 aromatic carbocycles. The Bertz CT molecular complexity index is 2560. The summed E-state index contributed by atoms with van der Waals surface area (Å²) in [4.78, 5) is 85.0. The van der Waals surface area contributed by atoms with Crippen LogP contribution in [0.2, 0.25) is 0 Å². The SMILES string of the molecule is C=CC(=O)N1CCN(C(=O)N(C)[C@H](C(=O)N[C@H]2Cc3nc(cs3)-c3ccc4c(c3)c(c(-c3cccnc3[C@H](C)OC)n4CC)CC(C)(C)COC(=O)[C@@]3([Si])CCCN(N3)C2=O)C(C)C)C[C@@H]1CC. The Hall–Kier alpha value is -5.43. The minimum atomic E-state index is -1.43. The van der Waals surface area contributed by atoms with Crippen molar-refractivity contribution in [2.45, 2.75) is 117 Å². The summed E-state index contributed by atoms with van der Waals surface area (Å²) in [6, 6.07) is 7.75. The van der Waals surface area contributed by atoms with Crippen LogP contribution in [0.3, 0.4) is 0 Å². The van der Waals surface area contributed by atoms with E-state index in [1.54, 1.807) is 30.2 Å². The van der Waals surface area contributed by atoms with Crippen molar-refractivity contribution in [2.75, 3.05) is 46.9 Å². The van der Waals surface area contributed by atoms with Crippen molar-refractivity contribution >= 4 is 62.2 Å². The topological polar surface area (TPSA) is 172 Å². The lowest BCUT2D eigenvalue weighted by molar-refractivity contribution is -0.158. The van der Waals surface area contributed by atoms with Gasteiger partial charge in [-0.2, -0.15) is 0 Å². The number of hydrazine groups is 1. The number of hydrogen-bond donors (Lipinski definition) is 2. The molecule has 5 atom stereocenters. The minimum absolute atomic E-state index is 0.0477. The molecule has 2 fully saturated rings. The zero-order valence-electron chi connectivity index (χ0n) is 40.9. The van der Waals surface area contributed by atoms with Crippen LogP contribution in [0.15, 0.2) is 54.6 Å². The number of nitrogens with zero attached hydrogens (tertiary/aromatic N) is 7. The largest absolute Gasteiger partial charge is 0.464 e. The number of urea groups is 1. The Balaban J connectivity index is 1.27. The highest BCUT2D eigenvalue weighted by molar-refractivity contribution is 7.10. The lowest BCUT2D eigenvalue weighted by atomic mass is 9.84. The lowest BCUT2D eigenvalue weighted by Gasteiger charge is -2.43. The lowest BCUT2D eigenvalue weighted by Crippen LogP contribution is -2.68. The predicted molar refractivity (Wildman–Crippen MR) is 263 cm³/mol. The van der Waals surface area contributed by atoms with Crippen LogP contribution < -0.4 is 10.7 Å². The van der Waals surface area contributed by atoms with Gasteiger partial charge in [0, 0.05) is 98.4 Å². The number of aromatic nitrogens is 3. The Labute approximate surface area is 407 Å². The van der Waals surface area contributed by atoms with Gasteiger partial charge in [0.15, 0.2) is 0 Å². The van der Waals surface area contributed by atoms with Crippen LogP contribution in [-0.4, -0.2) is 144 Å². The number of piperazine rings is 1. The fourth-order valence-electron chi connectivity index (χ4n) is 9.93. The van der Waals surface area contributed by atoms with Crippen LogP contribution >= 0.6 is 11.3 Å². The number of benzene rings is 1. The molecule has 0 aliphatic carbocycles. The van der Waals surface area contributed by atoms with Crippen LogP contribution in [0.4, 0.5) is 4.79 Å². The van der Waals surface area contributed by atoms with Gasteiger partial charge in [-0.25, -0.2) is 15.2 Å². The van der Waals surface area contributed by atoms with Crippen molar-refractivity contribution in [3.63, 3.8) is 0 Å². The molecule has 18 heteroatoms. The molecule has 3 aliphatic rings. The van der Waals surface area contributed by atoms with Gasteiger partial charge in [0.1, 0.15) is 17.2 Å². The highest BCUT2D eigenvalue weighted by atomic mass is 32.1. The molecule has 4 aromatic rings. The Morgan fingerprint density at radius 3 is 2.60 bits per heavy atom. The number of ether oxygens (including phenoxy) is 2. The Morgan fingerprint density at radius 1 is 1.15 bits per heavy atom. The van der Waals surface area contributed by atoms with Gasteiger partial charge < -0.3 is 34.1 Å². The quantitative estimate of drug-likeness (QED) is 0.111. The molecule has 5 amide bonds. The summed E-state index contributed by atoms with van der Waals surface area (Å²) in [5.74, 6) is -2.05. The van der Waals surface area contributed by atoms with E-state index in [1.807, 2.05) is 39.1 Å². The van der Waals surface area contributed by atoms with Gasteiger partial charge in [0.25, 0.3) is 5.91 Å². The number of aryl methyl sites for hydroxylation is 1. The summed E-state index contributed by atoms with van der Waals surface area (Å²) >= 11 is 1.40. The minimum Gasteiger partial charge on any atom is -0.464 e. The number of esters is 1. The first-order chi connectivity index (χ1) is 32.3. The molecule has 0 unspecified atom stereocenters. The van der Waals surface area contributed by atoms with E-state index in [-0.39, 0.29) is 49.6 Å². The van der Waals surface area contributed by atoms with E-state index in [9.17, 15) is 24.0 Å². The fraction of sp³-hybridized carbons (Fsp3) is 0.540. The van der Waals surface area contributed by atoms with Gasteiger partial charge in [-0.15, -0.1) is 11.3 Å². The Kier molecular flexibility index (Phi) is 15.3. The smallest absolute Gasteiger partial charge is 0.323 e. The second-order valence-electron chi connectivity index (χ2n) is 19.4. The first-order valence-electron chi connectivity index (χ1n) is 23.7. The number of nitrogens with one attached hydrogen (secondary N) is 2. The number of cyclic esters (lactones) is 1. The molecule has 16 nitrogen and oxygen atoms in total. The molecular formula is C50H66N9O7SSi. The number of carbonyl (C=O) groups is 5. The van der Waals surface area contributed by atoms with Gasteiger partial charge in [0.05, 0.1) is 45.0 Å². The van der Waals surface area contributed by atoms with Crippen molar-refractivity contribution in [3.8, 4) is 22.5 Å². The summed E-state index contributed by atoms with van der Waals surface area (Å²) in [5, 5.41) is 6.61. The number of hydrogen-bond acceptors (Lipinski definition) is 11. The van der Waals surface area contributed by atoms with Gasteiger partial charge >= 0.3 is 12.0 Å². The van der Waals surface area contributed by atoms with Crippen LogP contribution in [0.25, 0.3) is 33.4 Å². The van der Waals surface area contributed by atoms with E-state index in [1.165, 1.54) is 27.3 Å². The van der Waals surface area contributed by atoms with Crippen LogP contribution in [-0.2, 0) is 48.0 Å². The number of rotatable bonds is 10. The van der Waals surface area contributed by atoms with Crippen molar-refractivity contribution in [2.24, 2.45) is 11.3 Å². The summed E-state index contributed by atoms with van der Waals surface area (Å²) in [6.07, 6.45) is 4.86. The first-order valence-corrected chi connectivity index (χ1v) is 25.1. The summed E-state index contributed by atoms with van der Waals surface area (Å²) in [7, 11) is 7.00. The van der Waals surface area contributed by atoms with E-state index >= 15 is 0 Å². The third-order valence-corrected chi connectivity index (χ3v) is 15.0. The van der Waals surface area contributed by atoms with Gasteiger partial charge in [0.2, 0.25) is 11.8 Å². The van der Waals surface area contributed by atoms with Crippen LogP contribution in [0.1, 0.15) is 90.1 Å². The fourth-order valence-corrected chi connectivity index (χ4v) is 11.2. The Morgan fingerprint density at radius 2 is 1.91 bits per heavy atom. The zero-order valence-corrected chi connectivity index (χ0v) is 42.7. The van der Waals surface area contributed by atoms with Crippen molar-refractivity contribution < 1.29 is 33.4 Å². The first kappa shape index (κ1) is 50.4. The average Bonchev–Trinajstić information content (AvgIpc) is 3.92. The monoisotopic (exact) mass is 964 g/mol. The molecule has 6 heterocycles. The van der Waals surface area contributed by atoms with Gasteiger partial charge in [-0.05, 0) is 81.4 Å². The maximum absolute atomic E-state index is 14.8. The van der Waals surface area contributed by atoms with E-state index < -0.39 is 40.4 Å². The molecular weight excluding hydrogens is 899 g/mol. The van der Waals surface area contributed by atoms with E-state index in [2.05, 4.69) is 77.2 Å². The molecule has 3 aromatic heterocycles. The standard InChI is InChI=1S/C50H66N9O7SSi/c1-11-33-27-56(22-23-58(33)41(60)12-2)48(64)55(9)43(30(4)5)45(61)53-37-25-40-52-38(28-67-40)32-17-18-39-35(24-32)36(44(57(39)13-3)34-16-14-20-51-42(34)31(6)65-10)26-49(7,8)29-66-47(63)50(68)19-15-21-59(54-50)46(37)62/h12,14,16-18,20,24,28,30-31,33,37,43,54H,2,11,13,15,19,21-23,25-27,29H2,1,3-10H3,(H,53,61)/t31-,33-,37-,43-,50-/m0/s1. The molecule has 68 heavy (non-hydrogen) atoms. The maximum Gasteiger partial charge on any atom is 0.323 e. The second kappa shape index (κ2) is 20.7. The number of likely N-dealkylation sites (N-methyl/N-ethyl adjacent to an activating group) is 1. The maximum atomic E-state index is 14.8. The van der Waals surface area contributed by atoms with Crippen LogP contribution in [0, 0.1) is 11.3 Å². The van der Waals surface area contributed by atoms with Crippen molar-refractivity contribution in [1.82, 2.24) is 45.0 Å². The summed E-state index contributed by atoms with van der Waals surface area (Å²) in [6.45, 7) is 19.6. The van der Waals surface area contributed by atoms with Gasteiger partial charge in [-0.3, -0.25) is 29.2 Å². The predicted octanol–water partition coefficient (Wildman–Crippen LogP) is 5.88. The molecule has 3 aliphatic heterocycles. The number of fused-ring (bicyclic) bond motifs is 6. The third kappa shape index (κ3) is 10.1. The van der Waals surface area contributed by atoms with Crippen molar-refractivity contribution in [3.05, 3.63) is 70.8 Å². The molecule has 7 rings (SSSR count). The number of amides is 5. The molecule has 0 saturated carbocycles. The molecule has 363 valence electrons. The van der Waals surface area contributed by atoms with E-state index in [4.69, 9.17) is 19.4 Å². The molecule has 2 saturated heterocycles. The number of thiazole rings is 1. The van der Waals surface area contributed by atoms with Gasteiger partial charge in [-0.1, -0.05) is 47.3 Å². The number of pyridine rings is 1. The molecule has 0 spiro atoms. The normalized spacial score (nSPS) is 22.1. The number of methoxy groups -OCH3 is 1. The second-order valence-corrected chi connectivity index (χ2v) is 21.2. The van der Waals surface area contributed by atoms with Crippen molar-refractivity contribution in [1.29, 1.82) is 0 Å². The highest BCUT2D eigenvalue weighted by Crippen LogP contribution is 2.42. The molecule has 3 radical (unpaired) electrons. The summed E-state index contributed by atoms with van der Waals surface area (Å²) < 4.78 is 14.3. The van der Waals surface area contributed by atoms with E-state index in [0.717, 1.165) is 44.7 Å². The molecule has 6 bridgehead atoms. The summed E-state index contributed by atoms with van der Waals surface area (Å²) in [5.41, 5.74) is 9.13. The van der Waals surface area contributed by atoms with Crippen LogP contribution in [0.5, 0.6) is 0 Å². The third-order valence-electron chi connectivity index (χ3n) is 13.6. The number of carbonyl (C=O) groups excluding carboxylic acids is 5. The molecule has 2 N–H and O–H groups in total. The van der Waals surface area contributed by atoms with E-state index in [0.29, 0.717) is 56.9 Å². The zero-order chi connectivity index (χ0) is 49.2. The average molecular weight is 965 g/mol.